The SMILES string of the molecule is CCNC(=NCC1CCc2nnc(C)n2C1)NC1CCCC(C(=O)N(C)C)C1.I. The standard InChI is InChI=1S/C20H35N7O.HI/c1-5-21-20(23-17-8-6-7-16(11-17)19(28)26(3)4)22-12-15-9-10-18-25-24-14(2)27(18)13-15;/h15-17H,5-13H2,1-4H3,(H2,21,22,23);1H. The number of fused-ring (bicyclic) bond motifs is 1. The van der Waals surface area contributed by atoms with Crippen molar-refractivity contribution in [3.05, 3.63) is 11.6 Å². The van der Waals surface area contributed by atoms with Crippen molar-refractivity contribution >= 4 is 35.8 Å². The molecule has 0 spiro atoms. The number of nitrogens with zero attached hydrogens (tertiary/aromatic N) is 5. The zero-order chi connectivity index (χ0) is 20.1. The Hall–Kier alpha value is -1.39. The number of halogens is 1. The van der Waals surface area contributed by atoms with E-state index in [1.807, 2.05) is 21.0 Å². The summed E-state index contributed by atoms with van der Waals surface area (Å²) in [4.78, 5) is 18.9. The van der Waals surface area contributed by atoms with Crippen LogP contribution >= 0.6 is 24.0 Å². The van der Waals surface area contributed by atoms with Gasteiger partial charge >= 0.3 is 0 Å². The first-order valence-electron chi connectivity index (χ1n) is 10.6. The fraction of sp³-hybridized carbons (Fsp3) is 0.800. The Bertz CT molecular complexity index is 703. The summed E-state index contributed by atoms with van der Waals surface area (Å²) in [6.45, 7) is 6.67. The van der Waals surface area contributed by atoms with Gasteiger partial charge in [-0.1, -0.05) is 6.42 Å². The molecule has 0 aromatic carbocycles. The molecule has 1 aliphatic heterocycles. The molecule has 1 aromatic rings. The molecule has 2 heterocycles. The molecule has 2 N–H and O–H groups in total. The Morgan fingerprint density at radius 1 is 1.28 bits per heavy atom. The molecule has 1 aromatic heterocycles. The molecular formula is C20H36IN7O. The third-order valence-electron chi connectivity index (χ3n) is 5.89. The summed E-state index contributed by atoms with van der Waals surface area (Å²) in [7, 11) is 3.69. The minimum atomic E-state index is 0. The maximum absolute atomic E-state index is 12.3. The highest BCUT2D eigenvalue weighted by molar-refractivity contribution is 14.0. The first kappa shape index (κ1) is 23.9. The van der Waals surface area contributed by atoms with Gasteiger partial charge in [-0.3, -0.25) is 9.79 Å². The van der Waals surface area contributed by atoms with E-state index in [1.165, 1.54) is 0 Å². The van der Waals surface area contributed by atoms with Crippen LogP contribution < -0.4 is 10.6 Å². The van der Waals surface area contributed by atoms with Crippen molar-refractivity contribution in [1.29, 1.82) is 0 Å². The second-order valence-electron chi connectivity index (χ2n) is 8.34. The number of rotatable bonds is 5. The Morgan fingerprint density at radius 2 is 2.07 bits per heavy atom. The van der Waals surface area contributed by atoms with Crippen molar-refractivity contribution in [3.63, 3.8) is 0 Å². The number of carbonyl (C=O) groups excluding carboxylic acids is 1. The van der Waals surface area contributed by atoms with Gasteiger partial charge in [0.05, 0.1) is 0 Å². The van der Waals surface area contributed by atoms with E-state index in [1.54, 1.807) is 4.90 Å². The Labute approximate surface area is 191 Å². The van der Waals surface area contributed by atoms with E-state index in [2.05, 4.69) is 32.3 Å². The van der Waals surface area contributed by atoms with Crippen LogP contribution in [-0.2, 0) is 17.8 Å². The smallest absolute Gasteiger partial charge is 0.225 e. The third kappa shape index (κ3) is 6.29. The summed E-state index contributed by atoms with van der Waals surface area (Å²) in [5, 5.41) is 15.4. The fourth-order valence-corrected chi connectivity index (χ4v) is 4.32. The molecule has 1 saturated carbocycles. The van der Waals surface area contributed by atoms with Crippen LogP contribution in [0.2, 0.25) is 0 Å². The molecule has 3 atom stereocenters. The third-order valence-corrected chi connectivity index (χ3v) is 5.89. The van der Waals surface area contributed by atoms with E-state index < -0.39 is 0 Å². The van der Waals surface area contributed by atoms with E-state index in [0.29, 0.717) is 12.0 Å². The van der Waals surface area contributed by atoms with Crippen molar-refractivity contribution in [3.8, 4) is 0 Å². The van der Waals surface area contributed by atoms with Crippen molar-refractivity contribution < 1.29 is 4.79 Å². The van der Waals surface area contributed by atoms with Crippen molar-refractivity contribution in [2.75, 3.05) is 27.2 Å². The minimum Gasteiger partial charge on any atom is -0.357 e. The number of guanidine groups is 1. The van der Waals surface area contributed by atoms with Gasteiger partial charge in [-0.25, -0.2) is 0 Å². The Morgan fingerprint density at radius 3 is 2.79 bits per heavy atom. The first-order chi connectivity index (χ1) is 13.5. The average molecular weight is 517 g/mol. The second kappa shape index (κ2) is 11.1. The Balaban J connectivity index is 0.00000300. The van der Waals surface area contributed by atoms with Gasteiger partial charge in [0.25, 0.3) is 0 Å². The molecule has 0 bridgehead atoms. The molecule has 9 heteroatoms. The van der Waals surface area contributed by atoms with Crippen LogP contribution in [0, 0.1) is 18.8 Å². The lowest BCUT2D eigenvalue weighted by Crippen LogP contribution is -2.47. The Kier molecular flexibility index (Phi) is 9.16. The van der Waals surface area contributed by atoms with Gasteiger partial charge in [0.15, 0.2) is 5.96 Å². The lowest BCUT2D eigenvalue weighted by Gasteiger charge is -2.31. The molecule has 29 heavy (non-hydrogen) atoms. The van der Waals surface area contributed by atoms with E-state index in [4.69, 9.17) is 4.99 Å². The number of aromatic nitrogens is 3. The molecule has 8 nitrogen and oxygen atoms in total. The number of hydrogen-bond donors (Lipinski definition) is 2. The molecule has 3 unspecified atom stereocenters. The van der Waals surface area contributed by atoms with Gasteiger partial charge in [-0.15, -0.1) is 34.2 Å². The molecule has 1 fully saturated rings. The molecule has 3 rings (SSSR count). The van der Waals surface area contributed by atoms with Crippen LogP contribution in [-0.4, -0.2) is 64.8 Å². The van der Waals surface area contributed by atoms with Crippen molar-refractivity contribution in [2.24, 2.45) is 16.8 Å². The largest absolute Gasteiger partial charge is 0.357 e. The van der Waals surface area contributed by atoms with E-state index in [9.17, 15) is 4.79 Å². The normalized spacial score (nSPS) is 24.3. The van der Waals surface area contributed by atoms with Gasteiger partial charge in [0, 0.05) is 52.1 Å². The number of hydrogen-bond acceptors (Lipinski definition) is 4. The lowest BCUT2D eigenvalue weighted by atomic mass is 9.85. The maximum Gasteiger partial charge on any atom is 0.225 e. The van der Waals surface area contributed by atoms with Gasteiger partial charge in [-0.05, 0) is 45.4 Å². The lowest BCUT2D eigenvalue weighted by molar-refractivity contribution is -0.134. The summed E-state index contributed by atoms with van der Waals surface area (Å²) in [5.74, 6) is 3.84. The van der Waals surface area contributed by atoms with E-state index in [0.717, 1.165) is 75.8 Å². The topological polar surface area (TPSA) is 87.4 Å². The van der Waals surface area contributed by atoms with Gasteiger partial charge < -0.3 is 20.1 Å². The van der Waals surface area contributed by atoms with Gasteiger partial charge in [0.1, 0.15) is 11.6 Å². The zero-order valence-electron chi connectivity index (χ0n) is 18.1. The summed E-state index contributed by atoms with van der Waals surface area (Å²) in [5.41, 5.74) is 0. The van der Waals surface area contributed by atoms with Crippen LogP contribution in [0.1, 0.15) is 50.7 Å². The highest BCUT2D eigenvalue weighted by atomic mass is 127. The summed E-state index contributed by atoms with van der Waals surface area (Å²) >= 11 is 0. The fourth-order valence-electron chi connectivity index (χ4n) is 4.32. The summed E-state index contributed by atoms with van der Waals surface area (Å²) in [6.07, 6.45) is 6.12. The predicted octanol–water partition coefficient (Wildman–Crippen LogP) is 1.97. The number of aryl methyl sites for hydroxylation is 2. The van der Waals surface area contributed by atoms with Crippen LogP contribution in [0.3, 0.4) is 0 Å². The molecule has 1 aliphatic carbocycles. The number of nitrogens with one attached hydrogen (secondary N) is 2. The first-order valence-corrected chi connectivity index (χ1v) is 10.6. The van der Waals surface area contributed by atoms with Crippen molar-refractivity contribution in [2.45, 2.75) is 65.0 Å². The van der Waals surface area contributed by atoms with Crippen LogP contribution in [0.25, 0.3) is 0 Å². The second-order valence-corrected chi connectivity index (χ2v) is 8.34. The summed E-state index contributed by atoms with van der Waals surface area (Å²) < 4.78 is 2.22. The van der Waals surface area contributed by atoms with E-state index >= 15 is 0 Å². The highest BCUT2D eigenvalue weighted by Gasteiger charge is 2.29. The quantitative estimate of drug-likeness (QED) is 0.355. The molecule has 0 saturated heterocycles. The molecular weight excluding hydrogens is 481 g/mol. The number of aliphatic imine (C=N–C) groups is 1. The van der Waals surface area contributed by atoms with Crippen LogP contribution in [0.15, 0.2) is 4.99 Å². The van der Waals surface area contributed by atoms with Gasteiger partial charge in [0.2, 0.25) is 5.91 Å². The van der Waals surface area contributed by atoms with Crippen molar-refractivity contribution in [1.82, 2.24) is 30.3 Å². The molecule has 1 amide bonds. The molecule has 0 radical (unpaired) electrons. The maximum atomic E-state index is 12.3. The minimum absolute atomic E-state index is 0. The van der Waals surface area contributed by atoms with Gasteiger partial charge in [-0.2, -0.15) is 0 Å². The monoisotopic (exact) mass is 517 g/mol. The average Bonchev–Trinajstić information content (AvgIpc) is 3.06. The van der Waals surface area contributed by atoms with Crippen LogP contribution in [0.5, 0.6) is 0 Å². The number of carbonyl (C=O) groups is 1. The molecule has 2 aliphatic rings. The number of amides is 1. The zero-order valence-corrected chi connectivity index (χ0v) is 20.5. The predicted molar refractivity (Wildman–Crippen MR) is 126 cm³/mol. The molecule has 164 valence electrons. The van der Waals surface area contributed by atoms with E-state index in [-0.39, 0.29) is 35.8 Å². The highest BCUT2D eigenvalue weighted by Crippen LogP contribution is 2.25. The van der Waals surface area contributed by atoms with Crippen LogP contribution in [0.4, 0.5) is 0 Å². The summed E-state index contributed by atoms with van der Waals surface area (Å²) in [6, 6.07) is 0.304.